The van der Waals surface area contributed by atoms with Crippen LogP contribution in [0.4, 0.5) is 4.39 Å². The number of ether oxygens (including phenoxy) is 1. The summed E-state index contributed by atoms with van der Waals surface area (Å²) in [7, 11) is -2.06. The van der Waals surface area contributed by atoms with E-state index < -0.39 is 22.1 Å². The second kappa shape index (κ2) is 7.43. The van der Waals surface area contributed by atoms with Gasteiger partial charge in [0, 0.05) is 32.5 Å². The summed E-state index contributed by atoms with van der Waals surface area (Å²) < 4.78 is 51.1. The monoisotopic (exact) mass is 382 g/mol. The van der Waals surface area contributed by atoms with Crippen molar-refractivity contribution in [2.45, 2.75) is 32.1 Å². The van der Waals surface area contributed by atoms with Gasteiger partial charge in [-0.25, -0.2) is 9.37 Å². The van der Waals surface area contributed by atoms with E-state index in [1.54, 1.807) is 36.1 Å². The molecule has 0 aliphatic carbocycles. The minimum Gasteiger partial charge on any atom is -0.373 e. The van der Waals surface area contributed by atoms with E-state index in [-0.39, 0.29) is 25.3 Å². The van der Waals surface area contributed by atoms with Crippen LogP contribution in [0.5, 0.6) is 0 Å². The molecule has 142 valence electrons. The van der Waals surface area contributed by atoms with Gasteiger partial charge in [-0.15, -0.1) is 0 Å². The molecule has 0 radical (unpaired) electrons. The van der Waals surface area contributed by atoms with Crippen molar-refractivity contribution in [2.24, 2.45) is 7.05 Å². The number of morpholine rings is 1. The van der Waals surface area contributed by atoms with Crippen LogP contribution in [0.1, 0.15) is 31.3 Å². The van der Waals surface area contributed by atoms with Crippen LogP contribution in [0.2, 0.25) is 0 Å². The predicted octanol–water partition coefficient (Wildman–Crippen LogP) is 1.59. The zero-order chi connectivity index (χ0) is 18.9. The van der Waals surface area contributed by atoms with Gasteiger partial charge in [-0.05, 0) is 31.5 Å². The van der Waals surface area contributed by atoms with E-state index >= 15 is 0 Å². The maximum absolute atomic E-state index is 13.7. The summed E-state index contributed by atoms with van der Waals surface area (Å²) in [6.07, 6.45) is 2.90. The lowest BCUT2D eigenvalue weighted by molar-refractivity contribution is -0.0444. The zero-order valence-electron chi connectivity index (χ0n) is 15.0. The molecule has 0 bridgehead atoms. The van der Waals surface area contributed by atoms with Gasteiger partial charge < -0.3 is 9.30 Å². The predicted molar refractivity (Wildman–Crippen MR) is 95.1 cm³/mol. The van der Waals surface area contributed by atoms with Crippen molar-refractivity contribution in [3.05, 3.63) is 53.9 Å². The summed E-state index contributed by atoms with van der Waals surface area (Å²) in [4.78, 5) is 4.25. The molecule has 0 unspecified atom stereocenters. The third kappa shape index (κ3) is 4.12. The van der Waals surface area contributed by atoms with Crippen LogP contribution < -0.4 is 4.72 Å². The molecule has 3 atom stereocenters. The number of hydrogen-bond donors (Lipinski definition) is 1. The van der Waals surface area contributed by atoms with Gasteiger partial charge in [-0.3, -0.25) is 0 Å². The normalized spacial score (nSPS) is 23.1. The molecule has 1 saturated heterocycles. The third-order valence-corrected chi connectivity index (χ3v) is 5.80. The molecule has 2 aromatic rings. The van der Waals surface area contributed by atoms with Crippen molar-refractivity contribution in [3.63, 3.8) is 0 Å². The van der Waals surface area contributed by atoms with Gasteiger partial charge in [0.2, 0.25) is 0 Å². The topological polar surface area (TPSA) is 76.5 Å². The van der Waals surface area contributed by atoms with Crippen LogP contribution in [0, 0.1) is 5.82 Å². The SMILES string of the molecule is C[C@@H]1CN(S(=O)(=O)N[C@H](c2cccc(F)c2)c2nccn2C)C[C@@H](C)O1. The number of halogens is 1. The standard InChI is InChI=1S/C17H23FN4O3S/c1-12-10-22(11-13(2)25-12)26(23,24)20-16(17-19-7-8-21(17)3)14-5-4-6-15(18)9-14/h4-9,12-13,16,20H,10-11H2,1-3H3/t12-,13-,16-/m1/s1. The molecule has 1 aliphatic rings. The van der Waals surface area contributed by atoms with E-state index in [4.69, 9.17) is 4.74 Å². The molecule has 1 fully saturated rings. The Kier molecular flexibility index (Phi) is 5.42. The van der Waals surface area contributed by atoms with E-state index in [2.05, 4.69) is 9.71 Å². The summed E-state index contributed by atoms with van der Waals surface area (Å²) in [5, 5.41) is 0. The first kappa shape index (κ1) is 19.0. The molecule has 9 heteroatoms. The first-order valence-electron chi connectivity index (χ1n) is 8.42. The number of aromatic nitrogens is 2. The number of nitrogens with zero attached hydrogens (tertiary/aromatic N) is 3. The molecule has 0 amide bonds. The molecule has 1 aromatic heterocycles. The molecule has 3 rings (SSSR count). The minimum atomic E-state index is -3.82. The van der Waals surface area contributed by atoms with Crippen molar-refractivity contribution in [2.75, 3.05) is 13.1 Å². The highest BCUT2D eigenvalue weighted by Gasteiger charge is 2.34. The molecule has 0 saturated carbocycles. The van der Waals surface area contributed by atoms with E-state index in [0.29, 0.717) is 11.4 Å². The number of nitrogens with one attached hydrogen (secondary N) is 1. The highest BCUT2D eigenvalue weighted by molar-refractivity contribution is 7.87. The Morgan fingerprint density at radius 1 is 1.31 bits per heavy atom. The molecular formula is C17H23FN4O3S. The van der Waals surface area contributed by atoms with Crippen LogP contribution in [-0.2, 0) is 22.0 Å². The second-order valence-corrected chi connectivity index (χ2v) is 8.28. The Labute approximate surface area is 153 Å². The molecular weight excluding hydrogens is 359 g/mol. The number of benzene rings is 1. The van der Waals surface area contributed by atoms with E-state index in [1.165, 1.54) is 16.4 Å². The van der Waals surface area contributed by atoms with Crippen molar-refractivity contribution < 1.29 is 17.5 Å². The fourth-order valence-electron chi connectivity index (χ4n) is 3.16. The fraction of sp³-hybridized carbons (Fsp3) is 0.471. The van der Waals surface area contributed by atoms with Crippen molar-refractivity contribution in [1.29, 1.82) is 0 Å². The number of hydrogen-bond acceptors (Lipinski definition) is 4. The number of aryl methyl sites for hydroxylation is 1. The summed E-state index contributed by atoms with van der Waals surface area (Å²) >= 11 is 0. The Morgan fingerprint density at radius 3 is 2.58 bits per heavy atom. The average Bonchev–Trinajstić information content (AvgIpc) is 2.97. The quantitative estimate of drug-likeness (QED) is 0.852. The Hall–Kier alpha value is -1.81. The summed E-state index contributed by atoms with van der Waals surface area (Å²) in [6, 6.07) is 5.05. The fourth-order valence-corrected chi connectivity index (χ4v) is 4.66. The second-order valence-electron chi connectivity index (χ2n) is 6.58. The van der Waals surface area contributed by atoms with Gasteiger partial charge >= 0.3 is 0 Å². The molecule has 26 heavy (non-hydrogen) atoms. The van der Waals surface area contributed by atoms with Crippen LogP contribution >= 0.6 is 0 Å². The number of imidazole rings is 1. The van der Waals surface area contributed by atoms with Crippen LogP contribution in [0.15, 0.2) is 36.7 Å². The maximum atomic E-state index is 13.7. The third-order valence-electron chi connectivity index (χ3n) is 4.29. The molecule has 0 spiro atoms. The first-order valence-corrected chi connectivity index (χ1v) is 9.86. The Bertz CT molecular complexity index is 860. The van der Waals surface area contributed by atoms with Crippen molar-refractivity contribution in [1.82, 2.24) is 18.6 Å². The zero-order valence-corrected chi connectivity index (χ0v) is 15.8. The van der Waals surface area contributed by atoms with E-state index in [0.717, 1.165) is 0 Å². The highest BCUT2D eigenvalue weighted by atomic mass is 32.2. The van der Waals surface area contributed by atoms with Crippen LogP contribution in [0.25, 0.3) is 0 Å². The van der Waals surface area contributed by atoms with Gasteiger partial charge in [0.1, 0.15) is 17.7 Å². The largest absolute Gasteiger partial charge is 0.373 e. The molecule has 1 N–H and O–H groups in total. The van der Waals surface area contributed by atoms with Crippen molar-refractivity contribution >= 4 is 10.2 Å². The van der Waals surface area contributed by atoms with Gasteiger partial charge in [-0.2, -0.15) is 17.4 Å². The Morgan fingerprint density at radius 2 is 2.00 bits per heavy atom. The van der Waals surface area contributed by atoms with Crippen molar-refractivity contribution in [3.8, 4) is 0 Å². The smallest absolute Gasteiger partial charge is 0.280 e. The molecule has 7 nitrogen and oxygen atoms in total. The molecule has 2 heterocycles. The van der Waals surface area contributed by atoms with Crippen LogP contribution in [0.3, 0.4) is 0 Å². The van der Waals surface area contributed by atoms with Gasteiger partial charge in [0.05, 0.1) is 12.2 Å². The lowest BCUT2D eigenvalue weighted by Crippen LogP contribution is -2.52. The Balaban J connectivity index is 1.94. The van der Waals surface area contributed by atoms with Gasteiger partial charge in [-0.1, -0.05) is 12.1 Å². The van der Waals surface area contributed by atoms with E-state index in [9.17, 15) is 12.8 Å². The summed E-state index contributed by atoms with van der Waals surface area (Å²) in [5.74, 6) is 0.0445. The van der Waals surface area contributed by atoms with E-state index in [1.807, 2.05) is 13.8 Å². The summed E-state index contributed by atoms with van der Waals surface area (Å²) in [6.45, 7) is 4.19. The van der Waals surface area contributed by atoms with Gasteiger partial charge in [0.15, 0.2) is 0 Å². The van der Waals surface area contributed by atoms with Gasteiger partial charge in [0.25, 0.3) is 10.2 Å². The first-order chi connectivity index (χ1) is 12.3. The van der Waals surface area contributed by atoms with Crippen LogP contribution in [-0.4, -0.2) is 47.6 Å². The summed E-state index contributed by atoms with van der Waals surface area (Å²) in [5.41, 5.74) is 0.484. The lowest BCUT2D eigenvalue weighted by Gasteiger charge is -2.35. The lowest BCUT2D eigenvalue weighted by atomic mass is 10.1. The maximum Gasteiger partial charge on any atom is 0.280 e. The molecule has 1 aliphatic heterocycles. The highest BCUT2D eigenvalue weighted by Crippen LogP contribution is 2.24. The number of rotatable bonds is 5. The molecule has 1 aromatic carbocycles. The minimum absolute atomic E-state index is 0.198. The average molecular weight is 382 g/mol.